The van der Waals surface area contributed by atoms with E-state index in [4.69, 9.17) is 4.74 Å². The van der Waals surface area contributed by atoms with Crippen LogP contribution in [-0.4, -0.2) is 49.1 Å². The quantitative estimate of drug-likeness (QED) is 0.566. The fourth-order valence-corrected chi connectivity index (χ4v) is 3.16. The highest BCUT2D eigenvalue weighted by atomic mass is 19.1. The second kappa shape index (κ2) is 10.6. The van der Waals surface area contributed by atoms with Gasteiger partial charge in [0.05, 0.1) is 0 Å². The number of guanidine groups is 1. The van der Waals surface area contributed by atoms with Crippen molar-refractivity contribution in [3.8, 4) is 11.6 Å². The Morgan fingerprint density at radius 1 is 1.14 bits per heavy atom. The minimum Gasteiger partial charge on any atom is -0.439 e. The van der Waals surface area contributed by atoms with Gasteiger partial charge in [-0.2, -0.15) is 0 Å². The maximum Gasteiger partial charge on any atom is 0.219 e. The van der Waals surface area contributed by atoms with Crippen LogP contribution in [-0.2, 0) is 6.54 Å². The average molecular weight is 385 g/mol. The van der Waals surface area contributed by atoms with Gasteiger partial charge in [0.2, 0.25) is 5.88 Å². The molecule has 1 aliphatic heterocycles. The van der Waals surface area contributed by atoms with E-state index in [1.165, 1.54) is 44.5 Å². The van der Waals surface area contributed by atoms with Gasteiger partial charge < -0.3 is 20.3 Å². The third-order valence-corrected chi connectivity index (χ3v) is 4.69. The second-order valence-corrected chi connectivity index (χ2v) is 6.81. The topological polar surface area (TPSA) is 61.8 Å². The second-order valence-electron chi connectivity index (χ2n) is 6.81. The molecule has 28 heavy (non-hydrogen) atoms. The Bertz CT molecular complexity index is 760. The van der Waals surface area contributed by atoms with Crippen LogP contribution in [0.2, 0.25) is 0 Å². The summed E-state index contributed by atoms with van der Waals surface area (Å²) in [5.41, 5.74) is 1.02. The van der Waals surface area contributed by atoms with E-state index in [9.17, 15) is 4.39 Å². The lowest BCUT2D eigenvalue weighted by molar-refractivity contribution is 0.232. The zero-order chi connectivity index (χ0) is 19.6. The van der Waals surface area contributed by atoms with Crippen LogP contribution in [0.15, 0.2) is 47.6 Å². The molecule has 1 fully saturated rings. The molecule has 1 saturated heterocycles. The number of nitrogens with one attached hydrogen (secondary N) is 2. The number of pyridine rings is 1. The summed E-state index contributed by atoms with van der Waals surface area (Å²) in [4.78, 5) is 11.0. The third-order valence-electron chi connectivity index (χ3n) is 4.69. The molecule has 1 aliphatic rings. The first-order valence-corrected chi connectivity index (χ1v) is 9.78. The fraction of sp³-hybridized carbons (Fsp3) is 0.429. The molecule has 0 unspecified atom stereocenters. The van der Waals surface area contributed by atoms with E-state index in [2.05, 4.69) is 25.5 Å². The SMILES string of the molecule is CN=C(NCCN1CCCCC1)NCc1ccnc(Oc2ccc(F)cc2)c1. The predicted molar refractivity (Wildman–Crippen MR) is 109 cm³/mol. The molecule has 0 bridgehead atoms. The van der Waals surface area contributed by atoms with Gasteiger partial charge in [0.15, 0.2) is 5.96 Å². The van der Waals surface area contributed by atoms with Gasteiger partial charge in [-0.3, -0.25) is 4.99 Å². The molecule has 150 valence electrons. The Labute approximate surface area is 165 Å². The van der Waals surface area contributed by atoms with Gasteiger partial charge in [-0.15, -0.1) is 0 Å². The number of likely N-dealkylation sites (tertiary alicyclic amines) is 1. The summed E-state index contributed by atoms with van der Waals surface area (Å²) in [6.45, 7) is 4.90. The first-order valence-electron chi connectivity index (χ1n) is 9.78. The Hall–Kier alpha value is -2.67. The van der Waals surface area contributed by atoms with Crippen molar-refractivity contribution in [3.63, 3.8) is 0 Å². The van der Waals surface area contributed by atoms with Crippen molar-refractivity contribution in [1.82, 2.24) is 20.5 Å². The fourth-order valence-electron chi connectivity index (χ4n) is 3.16. The number of aromatic nitrogens is 1. The molecule has 2 N–H and O–H groups in total. The van der Waals surface area contributed by atoms with E-state index in [1.807, 2.05) is 12.1 Å². The summed E-state index contributed by atoms with van der Waals surface area (Å²) in [6, 6.07) is 9.66. The number of ether oxygens (including phenoxy) is 1. The monoisotopic (exact) mass is 385 g/mol. The highest BCUT2D eigenvalue weighted by Gasteiger charge is 2.09. The van der Waals surface area contributed by atoms with E-state index in [0.717, 1.165) is 24.6 Å². The Balaban J connectivity index is 1.45. The lowest BCUT2D eigenvalue weighted by Crippen LogP contribution is -2.42. The van der Waals surface area contributed by atoms with E-state index < -0.39 is 0 Å². The Morgan fingerprint density at radius 2 is 1.93 bits per heavy atom. The first-order chi connectivity index (χ1) is 13.7. The van der Waals surface area contributed by atoms with Crippen LogP contribution in [0.25, 0.3) is 0 Å². The normalized spacial score (nSPS) is 15.3. The zero-order valence-corrected chi connectivity index (χ0v) is 16.3. The average Bonchev–Trinajstić information content (AvgIpc) is 2.73. The molecular formula is C21H28FN5O. The number of halogens is 1. The van der Waals surface area contributed by atoms with Crippen LogP contribution in [0, 0.1) is 5.82 Å². The molecule has 0 amide bonds. The molecule has 0 saturated carbocycles. The largest absolute Gasteiger partial charge is 0.439 e. The summed E-state index contributed by atoms with van der Waals surface area (Å²) >= 11 is 0. The molecule has 3 rings (SSSR count). The van der Waals surface area contributed by atoms with Crippen molar-refractivity contribution >= 4 is 5.96 Å². The van der Waals surface area contributed by atoms with Gasteiger partial charge in [-0.1, -0.05) is 6.42 Å². The summed E-state index contributed by atoms with van der Waals surface area (Å²) < 4.78 is 18.7. The molecule has 2 heterocycles. The van der Waals surface area contributed by atoms with Crippen LogP contribution in [0.5, 0.6) is 11.6 Å². The molecule has 0 spiro atoms. The first kappa shape index (κ1) is 20.1. The highest BCUT2D eigenvalue weighted by molar-refractivity contribution is 5.79. The van der Waals surface area contributed by atoms with Crippen LogP contribution >= 0.6 is 0 Å². The number of hydrogen-bond donors (Lipinski definition) is 2. The lowest BCUT2D eigenvalue weighted by Gasteiger charge is -2.26. The zero-order valence-electron chi connectivity index (χ0n) is 16.3. The van der Waals surface area contributed by atoms with Gasteiger partial charge >= 0.3 is 0 Å². The summed E-state index contributed by atoms with van der Waals surface area (Å²) in [6.07, 6.45) is 5.66. The maximum absolute atomic E-state index is 13.0. The summed E-state index contributed by atoms with van der Waals surface area (Å²) in [5, 5.41) is 6.67. The molecular weight excluding hydrogens is 357 g/mol. The van der Waals surface area contributed by atoms with Gasteiger partial charge in [-0.25, -0.2) is 9.37 Å². The standard InChI is InChI=1S/C21H28FN5O/c1-23-21(25-11-14-27-12-3-2-4-13-27)26-16-17-9-10-24-20(15-17)28-19-7-5-18(22)6-8-19/h5-10,15H,2-4,11-14,16H2,1H3,(H2,23,25,26). The van der Waals surface area contributed by atoms with Crippen molar-refractivity contribution in [1.29, 1.82) is 0 Å². The molecule has 0 aliphatic carbocycles. The Kier molecular flexibility index (Phi) is 7.61. The molecule has 0 atom stereocenters. The van der Waals surface area contributed by atoms with E-state index in [1.54, 1.807) is 25.4 Å². The molecule has 6 nitrogen and oxygen atoms in total. The van der Waals surface area contributed by atoms with Crippen molar-refractivity contribution in [2.45, 2.75) is 25.8 Å². The van der Waals surface area contributed by atoms with Gasteiger partial charge in [0.25, 0.3) is 0 Å². The molecule has 1 aromatic carbocycles. The molecule has 2 aromatic rings. The van der Waals surface area contributed by atoms with Crippen LogP contribution in [0.1, 0.15) is 24.8 Å². The number of rotatable bonds is 7. The molecule has 7 heteroatoms. The van der Waals surface area contributed by atoms with Crippen molar-refractivity contribution < 1.29 is 9.13 Å². The number of aliphatic imine (C=N–C) groups is 1. The van der Waals surface area contributed by atoms with Crippen molar-refractivity contribution in [3.05, 3.63) is 54.0 Å². The number of hydrogen-bond acceptors (Lipinski definition) is 4. The number of nitrogens with zero attached hydrogens (tertiary/aromatic N) is 3. The smallest absolute Gasteiger partial charge is 0.219 e. The van der Waals surface area contributed by atoms with E-state index >= 15 is 0 Å². The Morgan fingerprint density at radius 3 is 2.68 bits per heavy atom. The van der Waals surface area contributed by atoms with Crippen LogP contribution in [0.3, 0.4) is 0 Å². The minimum atomic E-state index is -0.294. The highest BCUT2D eigenvalue weighted by Crippen LogP contribution is 2.20. The van der Waals surface area contributed by atoms with E-state index in [-0.39, 0.29) is 5.82 Å². The van der Waals surface area contributed by atoms with Crippen molar-refractivity contribution in [2.24, 2.45) is 4.99 Å². The molecule has 1 aromatic heterocycles. The number of benzene rings is 1. The third kappa shape index (κ3) is 6.49. The number of piperidine rings is 1. The van der Waals surface area contributed by atoms with Gasteiger partial charge in [0.1, 0.15) is 11.6 Å². The van der Waals surface area contributed by atoms with Crippen LogP contribution < -0.4 is 15.4 Å². The van der Waals surface area contributed by atoms with Crippen LogP contribution in [0.4, 0.5) is 4.39 Å². The predicted octanol–water partition coefficient (Wildman–Crippen LogP) is 3.16. The van der Waals surface area contributed by atoms with Crippen molar-refractivity contribution in [2.75, 3.05) is 33.2 Å². The summed E-state index contributed by atoms with van der Waals surface area (Å²) in [7, 11) is 1.77. The molecule has 0 radical (unpaired) electrons. The van der Waals surface area contributed by atoms with Gasteiger partial charge in [-0.05, 0) is 61.8 Å². The minimum absolute atomic E-state index is 0.294. The van der Waals surface area contributed by atoms with Gasteiger partial charge in [0, 0.05) is 38.9 Å². The van der Waals surface area contributed by atoms with E-state index in [0.29, 0.717) is 18.2 Å². The lowest BCUT2D eigenvalue weighted by atomic mass is 10.1. The summed E-state index contributed by atoms with van der Waals surface area (Å²) in [5.74, 6) is 1.50. The maximum atomic E-state index is 13.0.